The molecule has 0 radical (unpaired) electrons. The average molecular weight is 559 g/mol. The number of hydrogen-bond acceptors (Lipinski definition) is 0. The smallest absolute Gasteiger partial charge is 0.0548 e. The third-order valence-electron chi connectivity index (χ3n) is 9.47. The summed E-state index contributed by atoms with van der Waals surface area (Å²) in [4.78, 5) is 0. The van der Waals surface area contributed by atoms with Crippen molar-refractivity contribution in [1.29, 1.82) is 0 Å². The van der Waals surface area contributed by atoms with E-state index in [2.05, 4.69) is 167 Å². The number of para-hydroxylation sites is 3. The van der Waals surface area contributed by atoms with Gasteiger partial charge in [-0.15, -0.1) is 0 Å². The minimum atomic E-state index is 1.18. The zero-order valence-corrected chi connectivity index (χ0v) is 23.9. The predicted molar refractivity (Wildman–Crippen MR) is 188 cm³/mol. The van der Waals surface area contributed by atoms with E-state index in [0.29, 0.717) is 0 Å². The minimum Gasteiger partial charge on any atom is -0.309 e. The van der Waals surface area contributed by atoms with E-state index in [-0.39, 0.29) is 0 Å². The minimum absolute atomic E-state index is 1.18. The number of nitrogens with zero attached hydrogens (tertiary/aromatic N) is 2. The van der Waals surface area contributed by atoms with Crippen LogP contribution in [0.1, 0.15) is 0 Å². The molecule has 10 aromatic rings. The van der Waals surface area contributed by atoms with E-state index in [4.69, 9.17) is 0 Å². The van der Waals surface area contributed by atoms with Crippen molar-refractivity contribution in [2.24, 2.45) is 0 Å². The Bertz CT molecular complexity index is 2730. The second-order valence-electron chi connectivity index (χ2n) is 11.7. The van der Waals surface area contributed by atoms with E-state index in [1.54, 1.807) is 0 Å². The van der Waals surface area contributed by atoms with Gasteiger partial charge in [-0.3, -0.25) is 0 Å². The largest absolute Gasteiger partial charge is 0.309 e. The number of rotatable bonds is 2. The molecule has 2 heteroatoms. The van der Waals surface area contributed by atoms with E-state index in [0.717, 1.165) is 0 Å². The second-order valence-corrected chi connectivity index (χ2v) is 11.7. The number of hydrogen-bond donors (Lipinski definition) is 0. The third-order valence-corrected chi connectivity index (χ3v) is 9.47. The zero-order valence-electron chi connectivity index (χ0n) is 23.9. The van der Waals surface area contributed by atoms with Crippen molar-refractivity contribution in [3.05, 3.63) is 158 Å². The van der Waals surface area contributed by atoms with Crippen LogP contribution < -0.4 is 0 Å². The maximum atomic E-state index is 2.46. The van der Waals surface area contributed by atoms with Crippen LogP contribution in [0.2, 0.25) is 0 Å². The third kappa shape index (κ3) is 3.14. The lowest BCUT2D eigenvalue weighted by atomic mass is 9.94. The molecule has 204 valence electrons. The quantitative estimate of drug-likeness (QED) is 0.187. The Hall–Kier alpha value is -5.86. The first kappa shape index (κ1) is 23.7. The molecular formula is C42H26N2. The molecule has 2 heterocycles. The van der Waals surface area contributed by atoms with Gasteiger partial charge in [0.05, 0.1) is 22.1 Å². The van der Waals surface area contributed by atoms with Gasteiger partial charge in [0.1, 0.15) is 0 Å². The molecule has 0 atom stereocenters. The highest BCUT2D eigenvalue weighted by atomic mass is 15.0. The fourth-order valence-electron chi connectivity index (χ4n) is 7.60. The van der Waals surface area contributed by atoms with Gasteiger partial charge in [-0.05, 0) is 80.8 Å². The SMILES string of the molecule is c1ccc(-n2c3ccccc3c3cc4c(cc32)c2ccccc2n4-c2ccc3c4ccccc4c4ccccc4c3c2)cc1. The molecule has 0 N–H and O–H groups in total. The Morgan fingerprint density at radius 2 is 0.636 bits per heavy atom. The fourth-order valence-corrected chi connectivity index (χ4v) is 7.60. The van der Waals surface area contributed by atoms with Crippen LogP contribution in [0.3, 0.4) is 0 Å². The van der Waals surface area contributed by atoms with Gasteiger partial charge in [-0.25, -0.2) is 0 Å². The average Bonchev–Trinajstić information content (AvgIpc) is 3.59. The summed E-state index contributed by atoms with van der Waals surface area (Å²) in [6.45, 7) is 0. The Balaban J connectivity index is 1.34. The van der Waals surface area contributed by atoms with E-state index < -0.39 is 0 Å². The van der Waals surface area contributed by atoms with Crippen molar-refractivity contribution >= 4 is 75.9 Å². The Kier molecular flexibility index (Phi) is 4.75. The zero-order chi connectivity index (χ0) is 28.8. The van der Waals surface area contributed by atoms with Crippen molar-refractivity contribution in [3.63, 3.8) is 0 Å². The normalized spacial score (nSPS) is 12.1. The topological polar surface area (TPSA) is 9.86 Å². The van der Waals surface area contributed by atoms with Gasteiger partial charge in [0.2, 0.25) is 0 Å². The van der Waals surface area contributed by atoms with Gasteiger partial charge >= 0.3 is 0 Å². The van der Waals surface area contributed by atoms with Crippen LogP contribution in [-0.2, 0) is 0 Å². The standard InChI is InChI=1S/C42H26N2/c1-2-12-27(13-3-1)43-39-20-10-8-18-34(39)37-26-42-38(25-41(37)43)35-19-9-11-21-40(35)44(42)28-22-23-33-31-16-5-4-14-29(31)30-15-6-7-17-32(30)36(33)24-28/h1-26H. The second kappa shape index (κ2) is 8.82. The van der Waals surface area contributed by atoms with Gasteiger partial charge < -0.3 is 9.13 Å². The highest BCUT2D eigenvalue weighted by Crippen LogP contribution is 2.41. The van der Waals surface area contributed by atoms with Crippen LogP contribution in [0.4, 0.5) is 0 Å². The Labute approximate surface area is 253 Å². The molecule has 2 aromatic heterocycles. The molecule has 0 saturated carbocycles. The Morgan fingerprint density at radius 3 is 1.18 bits per heavy atom. The number of aromatic nitrogens is 2. The first-order valence-corrected chi connectivity index (χ1v) is 15.2. The van der Waals surface area contributed by atoms with Gasteiger partial charge in [-0.1, -0.05) is 109 Å². The first-order chi connectivity index (χ1) is 21.8. The molecule has 10 rings (SSSR count). The summed E-state index contributed by atoms with van der Waals surface area (Å²) in [7, 11) is 0. The molecule has 0 saturated heterocycles. The van der Waals surface area contributed by atoms with Crippen LogP contribution >= 0.6 is 0 Å². The monoisotopic (exact) mass is 558 g/mol. The van der Waals surface area contributed by atoms with E-state index >= 15 is 0 Å². The fraction of sp³-hybridized carbons (Fsp3) is 0. The molecule has 0 aliphatic rings. The van der Waals surface area contributed by atoms with Crippen LogP contribution in [-0.4, -0.2) is 9.13 Å². The van der Waals surface area contributed by atoms with E-state index in [9.17, 15) is 0 Å². The highest BCUT2D eigenvalue weighted by Gasteiger charge is 2.19. The number of fused-ring (bicyclic) bond motifs is 12. The van der Waals surface area contributed by atoms with Crippen molar-refractivity contribution in [2.75, 3.05) is 0 Å². The van der Waals surface area contributed by atoms with Crippen LogP contribution in [0, 0.1) is 0 Å². The molecule has 0 aliphatic heterocycles. The molecule has 0 bridgehead atoms. The number of benzene rings is 8. The van der Waals surface area contributed by atoms with Crippen molar-refractivity contribution in [1.82, 2.24) is 9.13 Å². The summed E-state index contributed by atoms with van der Waals surface area (Å²) in [5.41, 5.74) is 7.24. The molecule has 0 unspecified atom stereocenters. The lowest BCUT2D eigenvalue weighted by Gasteiger charge is -2.14. The maximum absolute atomic E-state index is 2.46. The summed E-state index contributed by atoms with van der Waals surface area (Å²) in [6, 6.07) is 57.8. The lowest BCUT2D eigenvalue weighted by molar-refractivity contribution is 1.18. The van der Waals surface area contributed by atoms with E-state index in [1.165, 1.54) is 87.3 Å². The van der Waals surface area contributed by atoms with Crippen molar-refractivity contribution < 1.29 is 0 Å². The van der Waals surface area contributed by atoms with Crippen molar-refractivity contribution in [3.8, 4) is 11.4 Å². The molecule has 0 aliphatic carbocycles. The maximum Gasteiger partial charge on any atom is 0.0548 e. The van der Waals surface area contributed by atoms with Crippen LogP contribution in [0.5, 0.6) is 0 Å². The molecule has 2 nitrogen and oxygen atoms in total. The molecule has 0 spiro atoms. The molecular weight excluding hydrogens is 532 g/mol. The van der Waals surface area contributed by atoms with Gasteiger partial charge in [0.25, 0.3) is 0 Å². The highest BCUT2D eigenvalue weighted by molar-refractivity contribution is 6.26. The first-order valence-electron chi connectivity index (χ1n) is 15.2. The molecule has 0 fully saturated rings. The molecule has 0 amide bonds. The summed E-state index contributed by atoms with van der Waals surface area (Å²) in [5.74, 6) is 0. The molecule has 8 aromatic carbocycles. The van der Waals surface area contributed by atoms with Gasteiger partial charge in [0, 0.05) is 32.9 Å². The van der Waals surface area contributed by atoms with Gasteiger partial charge in [0.15, 0.2) is 0 Å². The summed E-state index contributed by atoms with van der Waals surface area (Å²) in [5, 5.41) is 12.8. The van der Waals surface area contributed by atoms with Crippen LogP contribution in [0.25, 0.3) is 87.3 Å². The Morgan fingerprint density at radius 1 is 0.227 bits per heavy atom. The van der Waals surface area contributed by atoms with E-state index in [1.807, 2.05) is 0 Å². The summed E-state index contributed by atoms with van der Waals surface area (Å²) >= 11 is 0. The summed E-state index contributed by atoms with van der Waals surface area (Å²) in [6.07, 6.45) is 0. The van der Waals surface area contributed by atoms with Crippen LogP contribution in [0.15, 0.2) is 158 Å². The predicted octanol–water partition coefficient (Wildman–Crippen LogP) is 11.3. The lowest BCUT2D eigenvalue weighted by Crippen LogP contribution is -1.95. The van der Waals surface area contributed by atoms with Gasteiger partial charge in [-0.2, -0.15) is 0 Å². The molecule has 44 heavy (non-hydrogen) atoms. The van der Waals surface area contributed by atoms with Crippen molar-refractivity contribution in [2.45, 2.75) is 0 Å². The summed E-state index contributed by atoms with van der Waals surface area (Å²) < 4.78 is 4.87.